The molecule has 0 saturated carbocycles. The number of carbonyl (C=O) groups is 1. The van der Waals surface area contributed by atoms with Crippen molar-refractivity contribution in [2.45, 2.75) is 6.92 Å². The Hall–Kier alpha value is -2.17. The van der Waals surface area contributed by atoms with Crippen molar-refractivity contribution in [3.05, 3.63) is 46.0 Å². The van der Waals surface area contributed by atoms with E-state index < -0.39 is 4.92 Å². The Labute approximate surface area is 99.5 Å². The topological polar surface area (TPSA) is 63.5 Å². The maximum Gasteiger partial charge on any atom is 0.293 e. The van der Waals surface area contributed by atoms with Gasteiger partial charge in [0.05, 0.1) is 4.92 Å². The van der Waals surface area contributed by atoms with Gasteiger partial charge in [0.2, 0.25) is 0 Å². The Bertz CT molecular complexity index is 469. The highest BCUT2D eigenvalue weighted by Crippen LogP contribution is 2.28. The molecule has 1 aromatic rings. The number of anilines is 1. The maximum atomic E-state index is 10.9. The fourth-order valence-electron chi connectivity index (χ4n) is 1.57. The lowest BCUT2D eigenvalue weighted by Crippen LogP contribution is -2.20. The number of rotatable bonds is 5. The summed E-state index contributed by atoms with van der Waals surface area (Å²) in [4.78, 5) is 22.8. The number of nitro groups is 1. The van der Waals surface area contributed by atoms with Gasteiger partial charge in [-0.2, -0.15) is 0 Å². The quantitative estimate of drug-likeness (QED) is 0.339. The third kappa shape index (κ3) is 3.14. The molecule has 0 aliphatic rings. The average molecular weight is 234 g/mol. The van der Waals surface area contributed by atoms with Crippen LogP contribution in [-0.4, -0.2) is 24.8 Å². The minimum absolute atomic E-state index is 0.0710. The monoisotopic (exact) mass is 234 g/mol. The number of likely N-dealkylation sites (N-methyl/N-ethyl adjacent to an activating group) is 1. The molecule has 0 unspecified atom stereocenters. The lowest BCUT2D eigenvalue weighted by Gasteiger charge is -2.19. The van der Waals surface area contributed by atoms with Gasteiger partial charge in [-0.3, -0.25) is 14.9 Å². The predicted octanol–water partition coefficient (Wildman–Crippen LogP) is 2.42. The number of nitrogens with zero attached hydrogens (tertiary/aromatic N) is 2. The fraction of sp³-hybridized carbons (Fsp3) is 0.250. The molecule has 0 aliphatic carbocycles. The molecule has 0 heterocycles. The average Bonchev–Trinajstić information content (AvgIpc) is 2.27. The van der Waals surface area contributed by atoms with E-state index in [4.69, 9.17) is 0 Å². The molecule has 0 N–H and O–H groups in total. The molecular weight excluding hydrogens is 220 g/mol. The third-order valence-electron chi connectivity index (χ3n) is 2.25. The van der Waals surface area contributed by atoms with E-state index in [2.05, 4.69) is 6.58 Å². The van der Waals surface area contributed by atoms with Crippen molar-refractivity contribution in [2.24, 2.45) is 0 Å². The number of aldehydes is 1. The van der Waals surface area contributed by atoms with Gasteiger partial charge in [0.25, 0.3) is 5.69 Å². The standard InChI is InChI=1S/C12H14N2O3/c1-9(2)7-13(3)11-5-4-10(8-15)6-12(11)14(16)17/h4-6,8H,1,7H2,2-3H3. The zero-order chi connectivity index (χ0) is 13.0. The van der Waals surface area contributed by atoms with E-state index in [0.717, 1.165) is 5.57 Å². The first-order chi connectivity index (χ1) is 7.95. The molecule has 1 aromatic carbocycles. The van der Waals surface area contributed by atoms with Crippen LogP contribution in [0.4, 0.5) is 11.4 Å². The van der Waals surface area contributed by atoms with Crippen LogP contribution in [0.15, 0.2) is 30.4 Å². The molecular formula is C12H14N2O3. The minimum Gasteiger partial charge on any atom is -0.365 e. The fourth-order valence-corrected chi connectivity index (χ4v) is 1.57. The van der Waals surface area contributed by atoms with Crippen LogP contribution in [0, 0.1) is 10.1 Å². The molecule has 5 heteroatoms. The second kappa shape index (κ2) is 5.25. The molecule has 0 aliphatic heterocycles. The van der Waals surface area contributed by atoms with E-state index >= 15 is 0 Å². The van der Waals surface area contributed by atoms with E-state index in [0.29, 0.717) is 24.1 Å². The first-order valence-corrected chi connectivity index (χ1v) is 5.05. The summed E-state index contributed by atoms with van der Waals surface area (Å²) in [7, 11) is 1.75. The second-order valence-corrected chi connectivity index (χ2v) is 3.94. The van der Waals surface area contributed by atoms with Crippen molar-refractivity contribution < 1.29 is 9.72 Å². The maximum absolute atomic E-state index is 10.9. The van der Waals surface area contributed by atoms with Crippen molar-refractivity contribution in [2.75, 3.05) is 18.5 Å². The van der Waals surface area contributed by atoms with Gasteiger partial charge in [-0.05, 0) is 19.1 Å². The third-order valence-corrected chi connectivity index (χ3v) is 2.25. The molecule has 0 amide bonds. The van der Waals surface area contributed by atoms with E-state index in [1.165, 1.54) is 6.07 Å². The van der Waals surface area contributed by atoms with Gasteiger partial charge >= 0.3 is 0 Å². The van der Waals surface area contributed by atoms with Gasteiger partial charge in [0.1, 0.15) is 12.0 Å². The molecule has 0 spiro atoms. The van der Waals surface area contributed by atoms with Gasteiger partial charge < -0.3 is 4.90 Å². The summed E-state index contributed by atoms with van der Waals surface area (Å²) in [5, 5.41) is 10.9. The van der Waals surface area contributed by atoms with Crippen LogP contribution in [0.5, 0.6) is 0 Å². The van der Waals surface area contributed by atoms with Crippen LogP contribution in [0.3, 0.4) is 0 Å². The molecule has 5 nitrogen and oxygen atoms in total. The molecule has 1 rings (SSSR count). The molecule has 0 saturated heterocycles. The number of benzene rings is 1. The first kappa shape index (κ1) is 12.9. The Morgan fingerprint density at radius 3 is 2.71 bits per heavy atom. The number of nitro benzene ring substituents is 1. The normalized spacial score (nSPS) is 9.76. The zero-order valence-corrected chi connectivity index (χ0v) is 9.84. The largest absolute Gasteiger partial charge is 0.365 e. The van der Waals surface area contributed by atoms with Gasteiger partial charge in [0, 0.05) is 25.2 Å². The molecule has 0 fully saturated rings. The summed E-state index contributed by atoms with van der Waals surface area (Å²) in [5.74, 6) is 0. The minimum atomic E-state index is -0.489. The van der Waals surface area contributed by atoms with Crippen molar-refractivity contribution in [1.29, 1.82) is 0 Å². The molecule has 90 valence electrons. The second-order valence-electron chi connectivity index (χ2n) is 3.94. The van der Waals surface area contributed by atoms with Crippen molar-refractivity contribution in [1.82, 2.24) is 0 Å². The highest BCUT2D eigenvalue weighted by atomic mass is 16.6. The van der Waals surface area contributed by atoms with Crippen LogP contribution >= 0.6 is 0 Å². The van der Waals surface area contributed by atoms with Gasteiger partial charge in [-0.15, -0.1) is 0 Å². The van der Waals surface area contributed by atoms with Gasteiger partial charge in [0.15, 0.2) is 0 Å². The van der Waals surface area contributed by atoms with Crippen LogP contribution in [0.2, 0.25) is 0 Å². The van der Waals surface area contributed by atoms with E-state index in [9.17, 15) is 14.9 Å². The Balaban J connectivity index is 3.18. The van der Waals surface area contributed by atoms with Crippen molar-refractivity contribution in [3.8, 4) is 0 Å². The summed E-state index contributed by atoms with van der Waals surface area (Å²) in [6, 6.07) is 4.41. The van der Waals surface area contributed by atoms with Crippen LogP contribution in [0.25, 0.3) is 0 Å². The molecule has 0 bridgehead atoms. The van der Waals surface area contributed by atoms with Crippen molar-refractivity contribution >= 4 is 17.7 Å². The molecule has 0 radical (unpaired) electrons. The molecule has 0 aromatic heterocycles. The lowest BCUT2D eigenvalue weighted by atomic mass is 10.1. The first-order valence-electron chi connectivity index (χ1n) is 5.05. The highest BCUT2D eigenvalue weighted by molar-refractivity contribution is 5.79. The van der Waals surface area contributed by atoms with E-state index in [-0.39, 0.29) is 5.69 Å². The van der Waals surface area contributed by atoms with Gasteiger partial charge in [-0.1, -0.05) is 12.2 Å². The predicted molar refractivity (Wildman–Crippen MR) is 66.6 cm³/mol. The Morgan fingerprint density at radius 1 is 1.59 bits per heavy atom. The van der Waals surface area contributed by atoms with E-state index in [1.807, 2.05) is 6.92 Å². The SMILES string of the molecule is C=C(C)CN(C)c1ccc(C=O)cc1[N+](=O)[O-]. The molecule has 17 heavy (non-hydrogen) atoms. The van der Waals surface area contributed by atoms with Gasteiger partial charge in [-0.25, -0.2) is 0 Å². The lowest BCUT2D eigenvalue weighted by molar-refractivity contribution is -0.384. The summed E-state index contributed by atoms with van der Waals surface area (Å²) in [5.41, 5.74) is 1.60. The summed E-state index contributed by atoms with van der Waals surface area (Å²) in [6.07, 6.45) is 0.593. The van der Waals surface area contributed by atoms with E-state index in [1.54, 1.807) is 24.1 Å². The van der Waals surface area contributed by atoms with Crippen LogP contribution < -0.4 is 4.90 Å². The summed E-state index contributed by atoms with van der Waals surface area (Å²) in [6.45, 7) is 6.14. The Kier molecular flexibility index (Phi) is 3.98. The smallest absolute Gasteiger partial charge is 0.293 e. The van der Waals surface area contributed by atoms with Crippen LogP contribution in [0.1, 0.15) is 17.3 Å². The number of hydrogen-bond acceptors (Lipinski definition) is 4. The summed E-state index contributed by atoms with van der Waals surface area (Å²) >= 11 is 0. The zero-order valence-electron chi connectivity index (χ0n) is 9.84. The van der Waals surface area contributed by atoms with Crippen LogP contribution in [-0.2, 0) is 0 Å². The number of hydrogen-bond donors (Lipinski definition) is 0. The highest BCUT2D eigenvalue weighted by Gasteiger charge is 2.17. The number of carbonyl (C=O) groups excluding carboxylic acids is 1. The molecule has 0 atom stereocenters. The summed E-state index contributed by atoms with van der Waals surface area (Å²) < 4.78 is 0. The van der Waals surface area contributed by atoms with Crippen molar-refractivity contribution in [3.63, 3.8) is 0 Å². The Morgan fingerprint density at radius 2 is 2.24 bits per heavy atom.